The van der Waals surface area contributed by atoms with Crippen LogP contribution in [-0.2, 0) is 4.74 Å². The number of nitrogens with zero attached hydrogens (tertiary/aromatic N) is 3. The van der Waals surface area contributed by atoms with Crippen molar-refractivity contribution in [3.63, 3.8) is 0 Å². The van der Waals surface area contributed by atoms with Gasteiger partial charge in [0, 0.05) is 5.56 Å². The highest BCUT2D eigenvalue weighted by molar-refractivity contribution is 7.13. The average Bonchev–Trinajstić information content (AvgIpc) is 3.42. The summed E-state index contributed by atoms with van der Waals surface area (Å²) >= 11 is 1.50. The Labute approximate surface area is 159 Å². The molecule has 136 valence electrons. The van der Waals surface area contributed by atoms with E-state index in [9.17, 15) is 4.79 Å². The second-order valence-electron chi connectivity index (χ2n) is 6.00. The van der Waals surface area contributed by atoms with Crippen molar-refractivity contribution >= 4 is 17.3 Å². The zero-order valence-electron chi connectivity index (χ0n) is 14.7. The summed E-state index contributed by atoms with van der Waals surface area (Å²) in [6.45, 7) is 3.70. The normalized spacial score (nSPS) is 12.1. The minimum absolute atomic E-state index is 0.241. The number of ether oxygens (including phenoxy) is 1. The van der Waals surface area contributed by atoms with Gasteiger partial charge in [-0.2, -0.15) is 5.10 Å². The van der Waals surface area contributed by atoms with Crippen LogP contribution in [0.1, 0.15) is 35.0 Å². The highest BCUT2D eigenvalue weighted by Crippen LogP contribution is 2.26. The lowest BCUT2D eigenvalue weighted by Crippen LogP contribution is -2.10. The fourth-order valence-electron chi connectivity index (χ4n) is 2.47. The van der Waals surface area contributed by atoms with E-state index in [1.54, 1.807) is 13.0 Å². The molecule has 8 heteroatoms. The smallest absolute Gasteiger partial charge is 0.357 e. The monoisotopic (exact) mass is 380 g/mol. The van der Waals surface area contributed by atoms with Crippen molar-refractivity contribution in [2.75, 3.05) is 0 Å². The highest BCUT2D eigenvalue weighted by Gasteiger charge is 2.21. The number of aromatic nitrogens is 4. The van der Waals surface area contributed by atoms with Crippen LogP contribution in [0.2, 0.25) is 0 Å². The third-order valence-electron chi connectivity index (χ3n) is 3.95. The maximum absolute atomic E-state index is 12.4. The van der Waals surface area contributed by atoms with Crippen LogP contribution < -0.4 is 0 Å². The molecule has 1 N–H and O–H groups in total. The predicted octanol–water partition coefficient (Wildman–Crippen LogP) is 4.41. The first kappa shape index (κ1) is 17.2. The molecule has 0 spiro atoms. The van der Waals surface area contributed by atoms with Gasteiger partial charge in [-0.25, -0.2) is 4.79 Å². The topological polar surface area (TPSA) is 93.9 Å². The number of thiophene rings is 1. The van der Waals surface area contributed by atoms with Gasteiger partial charge in [-0.05, 0) is 31.4 Å². The largest absolute Gasteiger partial charge is 0.448 e. The summed E-state index contributed by atoms with van der Waals surface area (Å²) in [6.07, 6.45) is -0.676. The minimum Gasteiger partial charge on any atom is -0.448 e. The Kier molecular flexibility index (Phi) is 4.55. The molecular formula is C19H16N4O3S. The number of carbonyl (C=O) groups is 1. The van der Waals surface area contributed by atoms with Crippen LogP contribution in [0, 0.1) is 6.92 Å². The minimum atomic E-state index is -0.676. The third-order valence-corrected chi connectivity index (χ3v) is 4.81. The Morgan fingerprint density at radius 2 is 2.04 bits per heavy atom. The molecule has 0 saturated carbocycles. The van der Waals surface area contributed by atoms with Crippen LogP contribution in [0.5, 0.6) is 0 Å². The number of aryl methyl sites for hydroxylation is 1. The number of aromatic amines is 1. The Bertz CT molecular complexity index is 1050. The summed E-state index contributed by atoms with van der Waals surface area (Å²) in [5, 5.41) is 16.8. The summed E-state index contributed by atoms with van der Waals surface area (Å²) in [6, 6.07) is 13.3. The van der Waals surface area contributed by atoms with Crippen LogP contribution in [0.4, 0.5) is 0 Å². The standard InChI is InChI=1S/C19H16N4O3S/c1-11-5-7-13(8-6-11)14-10-15(21-20-14)19(24)25-12(2)17-22-23-18(26-17)16-4-3-9-27-16/h3-10,12H,1-2H3,(H,20,21). The number of esters is 1. The van der Waals surface area contributed by atoms with Crippen molar-refractivity contribution in [3.8, 4) is 22.0 Å². The van der Waals surface area contributed by atoms with Crippen LogP contribution in [-0.4, -0.2) is 26.4 Å². The third kappa shape index (κ3) is 3.65. The van der Waals surface area contributed by atoms with Crippen molar-refractivity contribution in [2.45, 2.75) is 20.0 Å². The Morgan fingerprint density at radius 3 is 2.78 bits per heavy atom. The second kappa shape index (κ2) is 7.16. The van der Waals surface area contributed by atoms with E-state index in [4.69, 9.17) is 9.15 Å². The van der Waals surface area contributed by atoms with Crippen LogP contribution in [0.15, 0.2) is 52.3 Å². The van der Waals surface area contributed by atoms with Gasteiger partial charge < -0.3 is 9.15 Å². The van der Waals surface area contributed by atoms with Gasteiger partial charge in [-0.1, -0.05) is 35.9 Å². The fourth-order valence-corrected chi connectivity index (χ4v) is 3.12. The lowest BCUT2D eigenvalue weighted by Gasteiger charge is -2.07. The SMILES string of the molecule is Cc1ccc(-c2cc(C(=O)OC(C)c3nnc(-c4cccs4)o3)[nH]n2)cc1. The second-order valence-corrected chi connectivity index (χ2v) is 6.95. The summed E-state index contributed by atoms with van der Waals surface area (Å²) in [5.41, 5.74) is 3.01. The number of nitrogens with one attached hydrogen (secondary N) is 1. The first-order chi connectivity index (χ1) is 13.1. The summed E-state index contributed by atoms with van der Waals surface area (Å²) in [4.78, 5) is 13.2. The molecule has 0 saturated heterocycles. The van der Waals surface area contributed by atoms with E-state index < -0.39 is 12.1 Å². The number of carbonyl (C=O) groups excluding carboxylic acids is 1. The maximum Gasteiger partial charge on any atom is 0.357 e. The van der Waals surface area contributed by atoms with E-state index in [0.717, 1.165) is 16.0 Å². The van der Waals surface area contributed by atoms with Gasteiger partial charge in [-0.15, -0.1) is 21.5 Å². The van der Waals surface area contributed by atoms with Crippen LogP contribution >= 0.6 is 11.3 Å². The number of rotatable bonds is 5. The molecule has 7 nitrogen and oxygen atoms in total. The molecule has 0 aliphatic rings. The molecule has 0 bridgehead atoms. The van der Waals surface area contributed by atoms with Gasteiger partial charge in [0.25, 0.3) is 11.8 Å². The predicted molar refractivity (Wildman–Crippen MR) is 100 cm³/mol. The number of hydrogen-bond acceptors (Lipinski definition) is 7. The van der Waals surface area contributed by atoms with E-state index in [0.29, 0.717) is 11.6 Å². The summed E-state index contributed by atoms with van der Waals surface area (Å²) in [7, 11) is 0. The first-order valence-electron chi connectivity index (χ1n) is 8.31. The van der Waals surface area contributed by atoms with Gasteiger partial charge >= 0.3 is 5.97 Å². The Morgan fingerprint density at radius 1 is 1.22 bits per heavy atom. The van der Waals surface area contributed by atoms with E-state index in [-0.39, 0.29) is 11.6 Å². The van der Waals surface area contributed by atoms with Crippen molar-refractivity contribution in [2.24, 2.45) is 0 Å². The molecule has 3 heterocycles. The van der Waals surface area contributed by atoms with Gasteiger partial charge in [0.1, 0.15) is 5.69 Å². The van der Waals surface area contributed by atoms with Crippen LogP contribution in [0.25, 0.3) is 22.0 Å². The molecular weight excluding hydrogens is 364 g/mol. The molecule has 0 aliphatic heterocycles. The zero-order chi connectivity index (χ0) is 18.8. The number of hydrogen-bond donors (Lipinski definition) is 1. The maximum atomic E-state index is 12.4. The molecule has 0 amide bonds. The molecule has 1 atom stereocenters. The molecule has 0 radical (unpaired) electrons. The number of H-pyrrole nitrogens is 1. The molecule has 1 unspecified atom stereocenters. The van der Waals surface area contributed by atoms with Gasteiger partial charge in [-0.3, -0.25) is 5.10 Å². The van der Waals surface area contributed by atoms with E-state index >= 15 is 0 Å². The quantitative estimate of drug-likeness (QED) is 0.515. The van der Waals surface area contributed by atoms with Crippen LogP contribution in [0.3, 0.4) is 0 Å². The van der Waals surface area contributed by atoms with Crippen molar-refractivity contribution in [3.05, 3.63) is 65.0 Å². The van der Waals surface area contributed by atoms with Crippen molar-refractivity contribution in [1.29, 1.82) is 0 Å². The van der Waals surface area contributed by atoms with Gasteiger partial charge in [0.05, 0.1) is 10.6 Å². The molecule has 27 heavy (non-hydrogen) atoms. The molecule has 4 rings (SSSR count). The van der Waals surface area contributed by atoms with Gasteiger partial charge in [0.2, 0.25) is 0 Å². The molecule has 0 fully saturated rings. The lowest BCUT2D eigenvalue weighted by atomic mass is 10.1. The fraction of sp³-hybridized carbons (Fsp3) is 0.158. The lowest BCUT2D eigenvalue weighted by molar-refractivity contribution is 0.0273. The van der Waals surface area contributed by atoms with Crippen molar-refractivity contribution < 1.29 is 13.9 Å². The Balaban J connectivity index is 1.45. The molecule has 1 aromatic carbocycles. The first-order valence-corrected chi connectivity index (χ1v) is 9.19. The average molecular weight is 380 g/mol. The molecule has 4 aromatic rings. The highest BCUT2D eigenvalue weighted by atomic mass is 32.1. The summed E-state index contributed by atoms with van der Waals surface area (Å²) in [5.74, 6) is 0.111. The molecule has 3 aromatic heterocycles. The van der Waals surface area contributed by atoms with E-state index in [1.807, 2.05) is 48.7 Å². The summed E-state index contributed by atoms with van der Waals surface area (Å²) < 4.78 is 11.0. The Hall–Kier alpha value is -3.26. The van der Waals surface area contributed by atoms with Crippen molar-refractivity contribution in [1.82, 2.24) is 20.4 Å². The number of benzene rings is 1. The van der Waals surface area contributed by atoms with Gasteiger partial charge in [0.15, 0.2) is 6.10 Å². The zero-order valence-corrected chi connectivity index (χ0v) is 15.5. The molecule has 0 aliphatic carbocycles. The van der Waals surface area contributed by atoms with E-state index in [2.05, 4.69) is 20.4 Å². The van der Waals surface area contributed by atoms with E-state index in [1.165, 1.54) is 11.3 Å².